The molecule has 29 heavy (non-hydrogen) atoms. The molecule has 1 aliphatic heterocycles. The number of carbonyl (C=O) groups excluding carboxylic acids is 1. The van der Waals surface area contributed by atoms with Crippen LogP contribution in [0.5, 0.6) is 11.5 Å². The minimum absolute atomic E-state index is 0.153. The molecule has 3 aromatic rings. The van der Waals surface area contributed by atoms with E-state index in [2.05, 4.69) is 10.4 Å². The highest BCUT2D eigenvalue weighted by Crippen LogP contribution is 2.34. The molecule has 1 amide bonds. The van der Waals surface area contributed by atoms with Crippen molar-refractivity contribution in [3.05, 3.63) is 71.8 Å². The first-order valence-corrected chi connectivity index (χ1v) is 9.53. The number of halogens is 1. The number of ether oxygens (including phenoxy) is 2. The second-order valence-corrected chi connectivity index (χ2v) is 7.22. The topological polar surface area (TPSA) is 65.4 Å². The minimum atomic E-state index is -0.321. The van der Waals surface area contributed by atoms with Crippen molar-refractivity contribution < 1.29 is 18.7 Å². The van der Waals surface area contributed by atoms with Gasteiger partial charge >= 0.3 is 0 Å². The molecule has 0 bridgehead atoms. The molecule has 150 valence electrons. The standard InChI is InChI=1S/C22H22FN3O3/c1-14(2)21(15-3-8-19-20(13-15)29-12-11-28-19)24-22(27)18-9-10-26(25-18)17-6-4-16(23)5-7-17/h3-10,13-14,21H,11-12H2,1-2H3,(H,24,27)/t21-/m1/s1. The van der Waals surface area contributed by atoms with Crippen molar-refractivity contribution in [2.45, 2.75) is 19.9 Å². The maximum atomic E-state index is 13.1. The van der Waals surface area contributed by atoms with Crippen LogP contribution in [0.3, 0.4) is 0 Å². The van der Waals surface area contributed by atoms with Gasteiger partial charge in [0.15, 0.2) is 17.2 Å². The maximum Gasteiger partial charge on any atom is 0.272 e. The van der Waals surface area contributed by atoms with Gasteiger partial charge in [0.2, 0.25) is 0 Å². The van der Waals surface area contributed by atoms with Gasteiger partial charge in [-0.3, -0.25) is 4.79 Å². The van der Waals surface area contributed by atoms with E-state index in [1.54, 1.807) is 29.1 Å². The van der Waals surface area contributed by atoms with Crippen LogP contribution in [-0.4, -0.2) is 28.9 Å². The van der Waals surface area contributed by atoms with Crippen LogP contribution in [0, 0.1) is 11.7 Å². The van der Waals surface area contributed by atoms with Crippen molar-refractivity contribution >= 4 is 5.91 Å². The molecule has 1 N–H and O–H groups in total. The first-order chi connectivity index (χ1) is 14.0. The van der Waals surface area contributed by atoms with E-state index in [4.69, 9.17) is 9.47 Å². The quantitative estimate of drug-likeness (QED) is 0.711. The number of hydrogen-bond acceptors (Lipinski definition) is 4. The molecule has 0 spiro atoms. The Morgan fingerprint density at radius 3 is 2.52 bits per heavy atom. The Bertz CT molecular complexity index is 1010. The Labute approximate surface area is 168 Å². The molecule has 0 saturated heterocycles. The van der Waals surface area contributed by atoms with Gasteiger partial charge in [-0.1, -0.05) is 19.9 Å². The fourth-order valence-corrected chi connectivity index (χ4v) is 3.29. The monoisotopic (exact) mass is 395 g/mol. The van der Waals surface area contributed by atoms with E-state index in [1.807, 2.05) is 32.0 Å². The Kier molecular flexibility index (Phi) is 5.20. The Balaban J connectivity index is 1.53. The van der Waals surface area contributed by atoms with Gasteiger partial charge in [0.25, 0.3) is 5.91 Å². The Hall–Kier alpha value is -3.35. The third-order valence-electron chi connectivity index (χ3n) is 4.79. The first-order valence-electron chi connectivity index (χ1n) is 9.53. The van der Waals surface area contributed by atoms with Crippen molar-refractivity contribution in [3.63, 3.8) is 0 Å². The molecular formula is C22H22FN3O3. The molecule has 0 aliphatic carbocycles. The molecular weight excluding hydrogens is 373 g/mol. The molecule has 0 fully saturated rings. The summed E-state index contributed by atoms with van der Waals surface area (Å²) in [5.74, 6) is 0.958. The fourth-order valence-electron chi connectivity index (χ4n) is 3.29. The lowest BCUT2D eigenvalue weighted by Crippen LogP contribution is -2.32. The average molecular weight is 395 g/mol. The number of fused-ring (bicyclic) bond motifs is 1. The van der Waals surface area contributed by atoms with E-state index in [9.17, 15) is 9.18 Å². The predicted molar refractivity (Wildman–Crippen MR) is 106 cm³/mol. The molecule has 1 aliphatic rings. The van der Waals surface area contributed by atoms with Crippen LogP contribution in [0.1, 0.15) is 35.9 Å². The first kappa shape index (κ1) is 19.0. The van der Waals surface area contributed by atoms with Crippen LogP contribution < -0.4 is 14.8 Å². The number of hydrogen-bond donors (Lipinski definition) is 1. The van der Waals surface area contributed by atoms with Gasteiger partial charge in [-0.05, 0) is 53.9 Å². The zero-order valence-electron chi connectivity index (χ0n) is 16.3. The van der Waals surface area contributed by atoms with Crippen LogP contribution in [0.2, 0.25) is 0 Å². The summed E-state index contributed by atoms with van der Waals surface area (Å²) >= 11 is 0. The highest BCUT2D eigenvalue weighted by Gasteiger charge is 2.23. The van der Waals surface area contributed by atoms with Crippen molar-refractivity contribution in [2.24, 2.45) is 5.92 Å². The third-order valence-corrected chi connectivity index (χ3v) is 4.79. The summed E-state index contributed by atoms with van der Waals surface area (Å²) in [6.07, 6.45) is 1.68. The number of nitrogens with one attached hydrogen (secondary N) is 1. The summed E-state index contributed by atoms with van der Waals surface area (Å²) in [6.45, 7) is 5.13. The third kappa shape index (κ3) is 4.08. The Morgan fingerprint density at radius 2 is 1.79 bits per heavy atom. The highest BCUT2D eigenvalue weighted by atomic mass is 19.1. The fraction of sp³-hybridized carbons (Fsp3) is 0.273. The minimum Gasteiger partial charge on any atom is -0.486 e. The summed E-state index contributed by atoms with van der Waals surface area (Å²) in [7, 11) is 0. The summed E-state index contributed by atoms with van der Waals surface area (Å²) in [6, 6.07) is 13.1. The van der Waals surface area contributed by atoms with Crippen molar-refractivity contribution in [1.29, 1.82) is 0 Å². The van der Waals surface area contributed by atoms with Crippen LogP contribution >= 0.6 is 0 Å². The van der Waals surface area contributed by atoms with E-state index in [-0.39, 0.29) is 29.4 Å². The lowest BCUT2D eigenvalue weighted by molar-refractivity contribution is 0.0919. The molecule has 1 aromatic heterocycles. The van der Waals surface area contributed by atoms with Crippen molar-refractivity contribution in [3.8, 4) is 17.2 Å². The molecule has 7 heteroatoms. The van der Waals surface area contributed by atoms with Crippen LogP contribution in [-0.2, 0) is 0 Å². The maximum absolute atomic E-state index is 13.1. The average Bonchev–Trinajstić information content (AvgIpc) is 3.22. The van der Waals surface area contributed by atoms with Gasteiger partial charge in [-0.25, -0.2) is 9.07 Å². The van der Waals surface area contributed by atoms with E-state index in [1.165, 1.54) is 12.1 Å². The summed E-state index contributed by atoms with van der Waals surface area (Å²) in [5.41, 5.74) is 1.91. The van der Waals surface area contributed by atoms with Gasteiger partial charge in [-0.2, -0.15) is 5.10 Å². The number of nitrogens with zero attached hydrogens (tertiary/aromatic N) is 2. The molecule has 2 heterocycles. The van der Waals surface area contributed by atoms with E-state index < -0.39 is 0 Å². The summed E-state index contributed by atoms with van der Waals surface area (Å²) in [4.78, 5) is 12.8. The summed E-state index contributed by atoms with van der Waals surface area (Å²) in [5, 5.41) is 7.38. The lowest BCUT2D eigenvalue weighted by Gasteiger charge is -2.25. The zero-order chi connectivity index (χ0) is 20.4. The van der Waals surface area contributed by atoms with Gasteiger partial charge < -0.3 is 14.8 Å². The molecule has 1 atom stereocenters. The number of amides is 1. The van der Waals surface area contributed by atoms with Crippen molar-refractivity contribution in [2.75, 3.05) is 13.2 Å². The second kappa shape index (κ2) is 7.95. The zero-order valence-corrected chi connectivity index (χ0v) is 16.3. The predicted octanol–water partition coefficient (Wildman–Crippen LogP) is 3.91. The Morgan fingerprint density at radius 1 is 1.07 bits per heavy atom. The number of aromatic nitrogens is 2. The SMILES string of the molecule is CC(C)[C@@H](NC(=O)c1ccn(-c2ccc(F)cc2)n1)c1ccc2c(c1)OCCO2. The molecule has 0 saturated carbocycles. The number of rotatable bonds is 5. The molecule has 4 rings (SSSR count). The van der Waals surface area contributed by atoms with Crippen LogP contribution in [0.4, 0.5) is 4.39 Å². The molecule has 0 radical (unpaired) electrons. The molecule has 2 aromatic carbocycles. The molecule has 6 nitrogen and oxygen atoms in total. The summed E-state index contributed by atoms with van der Waals surface area (Å²) < 4.78 is 25.9. The smallest absolute Gasteiger partial charge is 0.272 e. The van der Waals surface area contributed by atoms with Crippen LogP contribution in [0.15, 0.2) is 54.7 Å². The number of carbonyl (C=O) groups is 1. The van der Waals surface area contributed by atoms with Crippen LogP contribution in [0.25, 0.3) is 5.69 Å². The highest BCUT2D eigenvalue weighted by molar-refractivity contribution is 5.92. The van der Waals surface area contributed by atoms with Gasteiger partial charge in [0.1, 0.15) is 19.0 Å². The number of benzene rings is 2. The molecule has 0 unspecified atom stereocenters. The van der Waals surface area contributed by atoms with E-state index in [0.29, 0.717) is 30.4 Å². The van der Waals surface area contributed by atoms with Gasteiger partial charge in [0, 0.05) is 6.20 Å². The lowest BCUT2D eigenvalue weighted by atomic mass is 9.95. The second-order valence-electron chi connectivity index (χ2n) is 7.22. The largest absolute Gasteiger partial charge is 0.486 e. The van der Waals surface area contributed by atoms with E-state index >= 15 is 0 Å². The van der Waals surface area contributed by atoms with E-state index in [0.717, 1.165) is 5.56 Å². The van der Waals surface area contributed by atoms with Gasteiger partial charge in [-0.15, -0.1) is 0 Å². The normalized spacial score (nSPS) is 13.9. The van der Waals surface area contributed by atoms with Crippen molar-refractivity contribution in [1.82, 2.24) is 15.1 Å². The van der Waals surface area contributed by atoms with Gasteiger partial charge in [0.05, 0.1) is 11.7 Å².